The van der Waals surface area contributed by atoms with Crippen molar-refractivity contribution in [3.05, 3.63) is 27.7 Å². The molecule has 0 aliphatic heterocycles. The van der Waals surface area contributed by atoms with Gasteiger partial charge in [-0.25, -0.2) is 0 Å². The minimum Gasteiger partial charge on any atom is -0.506 e. The molecular formula is C18H23Cl2N3OS. The van der Waals surface area contributed by atoms with Gasteiger partial charge in [-0.2, -0.15) is 5.10 Å². The van der Waals surface area contributed by atoms with Gasteiger partial charge >= 0.3 is 0 Å². The number of hydrogen-bond donors (Lipinski definition) is 3. The summed E-state index contributed by atoms with van der Waals surface area (Å²) in [5.41, 5.74) is 3.41. The Morgan fingerprint density at radius 3 is 2.60 bits per heavy atom. The Bertz CT molecular complexity index is 737. The lowest BCUT2D eigenvalue weighted by molar-refractivity contribution is 0.0833. The number of halogens is 2. The average Bonchev–Trinajstić information content (AvgIpc) is 3.07. The zero-order valence-electron chi connectivity index (χ0n) is 14.6. The maximum atomic E-state index is 9.94. The standard InChI is InChI=1S/C18H23Cl2N3OS/c1-17(2)11-4-5-12(7-11)18(17,3)22-16(25)23-21-9-10-6-13(19)8-14(20)15(10)24/h6,8-9,11-12,24H,4-5,7H2,1-3H3,(H2,22,23,25)/b21-9+/t11-,12-,18+/m0/s1. The van der Waals surface area contributed by atoms with Gasteiger partial charge in [0.2, 0.25) is 0 Å². The van der Waals surface area contributed by atoms with Gasteiger partial charge in [0, 0.05) is 16.1 Å². The normalized spacial score (nSPS) is 30.0. The third-order valence-electron chi connectivity index (χ3n) is 6.41. The highest BCUT2D eigenvalue weighted by Crippen LogP contribution is 2.61. The second kappa shape index (κ2) is 6.60. The summed E-state index contributed by atoms with van der Waals surface area (Å²) in [7, 11) is 0. The first-order valence-electron chi connectivity index (χ1n) is 8.44. The van der Waals surface area contributed by atoms with Crippen LogP contribution in [0.3, 0.4) is 0 Å². The summed E-state index contributed by atoms with van der Waals surface area (Å²) in [6, 6.07) is 3.07. The van der Waals surface area contributed by atoms with Gasteiger partial charge < -0.3 is 10.4 Å². The molecule has 7 heteroatoms. The second-order valence-electron chi connectivity index (χ2n) is 7.78. The summed E-state index contributed by atoms with van der Waals surface area (Å²) in [4.78, 5) is 0. The van der Waals surface area contributed by atoms with Gasteiger partial charge in [-0.15, -0.1) is 0 Å². The average molecular weight is 400 g/mol. The SMILES string of the molecule is CC1(C)[C@H]2CC[C@@H](C2)[C@@]1(C)NC(=S)N/N=C/c1cc(Cl)cc(Cl)c1O. The van der Waals surface area contributed by atoms with Crippen LogP contribution >= 0.6 is 35.4 Å². The number of fused-ring (bicyclic) bond motifs is 2. The molecule has 3 N–H and O–H groups in total. The molecule has 2 aliphatic carbocycles. The Balaban J connectivity index is 1.66. The fourth-order valence-electron chi connectivity index (χ4n) is 4.48. The molecular weight excluding hydrogens is 377 g/mol. The molecule has 2 saturated carbocycles. The van der Waals surface area contributed by atoms with Crippen LogP contribution in [0.2, 0.25) is 10.0 Å². The predicted molar refractivity (Wildman–Crippen MR) is 108 cm³/mol. The van der Waals surface area contributed by atoms with Crippen molar-refractivity contribution in [2.75, 3.05) is 0 Å². The van der Waals surface area contributed by atoms with E-state index in [4.69, 9.17) is 35.4 Å². The quantitative estimate of drug-likeness (QED) is 0.391. The van der Waals surface area contributed by atoms with E-state index in [9.17, 15) is 5.11 Å². The Kier molecular flexibility index (Phi) is 4.95. The number of benzene rings is 1. The molecule has 136 valence electrons. The van der Waals surface area contributed by atoms with Crippen LogP contribution in [0.5, 0.6) is 5.75 Å². The number of hydrazone groups is 1. The van der Waals surface area contributed by atoms with Crippen LogP contribution in [0, 0.1) is 17.3 Å². The molecule has 0 unspecified atom stereocenters. The lowest BCUT2D eigenvalue weighted by atomic mass is 9.64. The van der Waals surface area contributed by atoms with E-state index in [1.807, 2.05) is 0 Å². The Morgan fingerprint density at radius 2 is 1.96 bits per heavy atom. The molecule has 4 nitrogen and oxygen atoms in total. The van der Waals surface area contributed by atoms with E-state index in [1.165, 1.54) is 31.5 Å². The molecule has 0 heterocycles. The summed E-state index contributed by atoms with van der Waals surface area (Å²) in [6.45, 7) is 6.90. The van der Waals surface area contributed by atoms with E-state index in [2.05, 4.69) is 36.6 Å². The first-order valence-corrected chi connectivity index (χ1v) is 9.61. The Morgan fingerprint density at radius 1 is 1.28 bits per heavy atom. The van der Waals surface area contributed by atoms with E-state index in [0.717, 1.165) is 5.92 Å². The molecule has 0 amide bonds. The Hall–Kier alpha value is -1.04. The number of hydrogen-bond acceptors (Lipinski definition) is 3. The summed E-state index contributed by atoms with van der Waals surface area (Å²) in [6.07, 6.45) is 5.27. The van der Waals surface area contributed by atoms with Crippen LogP contribution in [0.15, 0.2) is 17.2 Å². The molecule has 0 saturated heterocycles. The van der Waals surface area contributed by atoms with E-state index in [1.54, 1.807) is 6.07 Å². The summed E-state index contributed by atoms with van der Waals surface area (Å²) in [5, 5.41) is 18.6. The minimum absolute atomic E-state index is 0.0446. The molecule has 2 aliphatic rings. The molecule has 2 bridgehead atoms. The van der Waals surface area contributed by atoms with Crippen molar-refractivity contribution in [1.29, 1.82) is 0 Å². The maximum absolute atomic E-state index is 9.94. The van der Waals surface area contributed by atoms with Gasteiger partial charge in [-0.05, 0) is 67.8 Å². The molecule has 25 heavy (non-hydrogen) atoms. The van der Waals surface area contributed by atoms with Crippen LogP contribution in [-0.4, -0.2) is 22.0 Å². The van der Waals surface area contributed by atoms with Gasteiger partial charge in [0.25, 0.3) is 0 Å². The molecule has 1 aromatic carbocycles. The van der Waals surface area contributed by atoms with E-state index in [-0.39, 0.29) is 21.7 Å². The summed E-state index contributed by atoms with van der Waals surface area (Å²) < 4.78 is 0. The molecule has 0 radical (unpaired) electrons. The van der Waals surface area contributed by atoms with Crippen molar-refractivity contribution in [1.82, 2.24) is 10.7 Å². The Labute approximate surface area is 164 Å². The zero-order chi connectivity index (χ0) is 18.4. The van der Waals surface area contributed by atoms with Crippen molar-refractivity contribution >= 4 is 46.7 Å². The molecule has 2 fully saturated rings. The van der Waals surface area contributed by atoms with Crippen molar-refractivity contribution in [2.24, 2.45) is 22.4 Å². The first-order chi connectivity index (χ1) is 11.6. The second-order valence-corrected chi connectivity index (χ2v) is 9.03. The fraction of sp³-hybridized carbons (Fsp3) is 0.556. The van der Waals surface area contributed by atoms with Crippen LogP contribution in [0.4, 0.5) is 0 Å². The lowest BCUT2D eigenvalue weighted by Crippen LogP contribution is -2.60. The smallest absolute Gasteiger partial charge is 0.187 e. The van der Waals surface area contributed by atoms with Gasteiger partial charge in [-0.3, -0.25) is 5.43 Å². The summed E-state index contributed by atoms with van der Waals surface area (Å²) in [5.74, 6) is 1.32. The number of aromatic hydroxyl groups is 1. The van der Waals surface area contributed by atoms with E-state index < -0.39 is 0 Å². The van der Waals surface area contributed by atoms with Gasteiger partial charge in [-0.1, -0.05) is 37.0 Å². The van der Waals surface area contributed by atoms with Crippen molar-refractivity contribution in [3.63, 3.8) is 0 Å². The van der Waals surface area contributed by atoms with Gasteiger partial charge in [0.05, 0.1) is 11.2 Å². The van der Waals surface area contributed by atoms with Gasteiger partial charge in [0.15, 0.2) is 5.11 Å². The largest absolute Gasteiger partial charge is 0.506 e. The highest BCUT2D eigenvalue weighted by molar-refractivity contribution is 7.80. The van der Waals surface area contributed by atoms with Crippen molar-refractivity contribution in [3.8, 4) is 5.75 Å². The van der Waals surface area contributed by atoms with Crippen molar-refractivity contribution < 1.29 is 5.11 Å². The number of rotatable bonds is 3. The lowest BCUT2D eigenvalue weighted by Gasteiger charge is -2.48. The van der Waals surface area contributed by atoms with Crippen LogP contribution in [0.25, 0.3) is 0 Å². The third-order valence-corrected chi connectivity index (χ3v) is 7.11. The third kappa shape index (κ3) is 3.22. The molecule has 3 atom stereocenters. The van der Waals surface area contributed by atoms with E-state index in [0.29, 0.717) is 21.6 Å². The number of phenols is 1. The van der Waals surface area contributed by atoms with Crippen LogP contribution < -0.4 is 10.7 Å². The molecule has 0 aromatic heterocycles. The highest BCUT2D eigenvalue weighted by atomic mass is 35.5. The monoisotopic (exact) mass is 399 g/mol. The number of thiocarbonyl (C=S) groups is 1. The van der Waals surface area contributed by atoms with Crippen molar-refractivity contribution in [2.45, 2.75) is 45.6 Å². The van der Waals surface area contributed by atoms with Crippen LogP contribution in [-0.2, 0) is 0 Å². The topological polar surface area (TPSA) is 56.7 Å². The minimum atomic E-state index is -0.0586. The van der Waals surface area contributed by atoms with Gasteiger partial charge in [0.1, 0.15) is 5.75 Å². The summed E-state index contributed by atoms with van der Waals surface area (Å²) >= 11 is 17.3. The highest BCUT2D eigenvalue weighted by Gasteiger charge is 2.60. The molecule has 1 aromatic rings. The van der Waals surface area contributed by atoms with Crippen LogP contribution in [0.1, 0.15) is 45.6 Å². The van der Waals surface area contributed by atoms with E-state index >= 15 is 0 Å². The molecule has 3 rings (SSSR count). The number of nitrogens with one attached hydrogen (secondary N) is 2. The molecule has 0 spiro atoms. The number of nitrogens with zero attached hydrogens (tertiary/aromatic N) is 1. The maximum Gasteiger partial charge on any atom is 0.187 e. The fourth-order valence-corrected chi connectivity index (χ4v) is 5.26. The first kappa shape index (κ1) is 18.7. The number of phenolic OH excluding ortho intramolecular Hbond substituents is 1. The predicted octanol–water partition coefficient (Wildman–Crippen LogP) is 4.71. The zero-order valence-corrected chi connectivity index (χ0v) is 16.9.